The molecule has 0 fully saturated rings. The van der Waals surface area contributed by atoms with Crippen LogP contribution in [0.1, 0.15) is 17.3 Å². The molecule has 1 atom stereocenters. The first-order chi connectivity index (χ1) is 10.6. The molecular weight excluding hydrogens is 364 g/mol. The smallest absolute Gasteiger partial charge is 0.269 e. The number of rotatable bonds is 4. The summed E-state index contributed by atoms with van der Waals surface area (Å²) in [7, 11) is 0. The summed E-state index contributed by atoms with van der Waals surface area (Å²) in [6.07, 6.45) is 0. The zero-order valence-electron chi connectivity index (χ0n) is 11.9. The van der Waals surface area contributed by atoms with Gasteiger partial charge in [-0.1, -0.05) is 34.1 Å². The van der Waals surface area contributed by atoms with E-state index in [-0.39, 0.29) is 17.1 Å². The third kappa shape index (κ3) is 4.89. The van der Waals surface area contributed by atoms with E-state index in [9.17, 15) is 9.59 Å². The summed E-state index contributed by atoms with van der Waals surface area (Å²) in [4.78, 5) is 24.9. The Hall–Kier alpha value is -1.79. The Balaban J connectivity index is 1.84. The van der Waals surface area contributed by atoms with Crippen LogP contribution in [0.5, 0.6) is 0 Å². The van der Waals surface area contributed by atoms with E-state index in [4.69, 9.17) is 0 Å². The van der Waals surface area contributed by atoms with Crippen molar-refractivity contribution in [2.45, 2.75) is 17.1 Å². The van der Waals surface area contributed by atoms with Crippen LogP contribution < -0.4 is 10.9 Å². The van der Waals surface area contributed by atoms with Gasteiger partial charge in [-0.05, 0) is 43.3 Å². The van der Waals surface area contributed by atoms with Gasteiger partial charge in [0.2, 0.25) is 0 Å². The maximum absolute atomic E-state index is 12.0. The molecule has 22 heavy (non-hydrogen) atoms. The van der Waals surface area contributed by atoms with Gasteiger partial charge in [0.15, 0.2) is 0 Å². The van der Waals surface area contributed by atoms with Crippen LogP contribution in [0.15, 0.2) is 64.0 Å². The van der Waals surface area contributed by atoms with E-state index in [1.807, 2.05) is 30.3 Å². The predicted molar refractivity (Wildman–Crippen MR) is 91.5 cm³/mol. The summed E-state index contributed by atoms with van der Waals surface area (Å²) < 4.78 is 0.890. The minimum absolute atomic E-state index is 0.251. The summed E-state index contributed by atoms with van der Waals surface area (Å²) in [6, 6.07) is 16.5. The first-order valence-electron chi connectivity index (χ1n) is 6.64. The quantitative estimate of drug-likeness (QED) is 0.633. The molecule has 0 saturated heterocycles. The molecule has 2 aromatic rings. The molecule has 2 rings (SSSR count). The minimum Gasteiger partial charge on any atom is -0.272 e. The Bertz CT molecular complexity index is 647. The second kappa shape index (κ2) is 8.00. The van der Waals surface area contributed by atoms with Crippen molar-refractivity contribution in [3.8, 4) is 0 Å². The Morgan fingerprint density at radius 3 is 2.27 bits per heavy atom. The van der Waals surface area contributed by atoms with Crippen molar-refractivity contribution in [2.24, 2.45) is 0 Å². The molecule has 114 valence electrons. The van der Waals surface area contributed by atoms with E-state index >= 15 is 0 Å². The van der Waals surface area contributed by atoms with Gasteiger partial charge in [-0.25, -0.2) is 0 Å². The van der Waals surface area contributed by atoms with Gasteiger partial charge < -0.3 is 0 Å². The molecule has 2 N–H and O–H groups in total. The van der Waals surface area contributed by atoms with E-state index in [0.717, 1.165) is 9.37 Å². The highest BCUT2D eigenvalue weighted by atomic mass is 79.9. The molecule has 0 heterocycles. The maximum atomic E-state index is 12.0. The molecule has 0 aliphatic carbocycles. The second-order valence-corrected chi connectivity index (χ2v) is 6.85. The van der Waals surface area contributed by atoms with Crippen LogP contribution in [0.2, 0.25) is 0 Å². The highest BCUT2D eigenvalue weighted by Crippen LogP contribution is 2.22. The van der Waals surface area contributed by atoms with Crippen LogP contribution in [-0.4, -0.2) is 17.1 Å². The summed E-state index contributed by atoms with van der Waals surface area (Å²) >= 11 is 4.73. The monoisotopic (exact) mass is 378 g/mol. The number of nitrogens with one attached hydrogen (secondary N) is 2. The number of hydrogen-bond acceptors (Lipinski definition) is 3. The summed E-state index contributed by atoms with van der Waals surface area (Å²) in [6.45, 7) is 1.79. The Morgan fingerprint density at radius 1 is 1.00 bits per heavy atom. The number of hydrazine groups is 1. The van der Waals surface area contributed by atoms with Crippen LogP contribution in [0, 0.1) is 0 Å². The molecule has 0 bridgehead atoms. The number of benzene rings is 2. The summed E-state index contributed by atoms with van der Waals surface area (Å²) in [5, 5.41) is -0.312. The standard InChI is InChI=1S/C16H15BrN2O2S/c1-11(22-14-5-3-2-4-6-14)15(20)18-19-16(21)12-7-9-13(17)10-8-12/h2-11H,1H3,(H,18,20)(H,19,21)/t11-/m0/s1. The lowest BCUT2D eigenvalue weighted by molar-refractivity contribution is -0.121. The molecule has 2 amide bonds. The lowest BCUT2D eigenvalue weighted by Gasteiger charge is -2.12. The van der Waals surface area contributed by atoms with Crippen LogP contribution in [-0.2, 0) is 4.79 Å². The maximum Gasteiger partial charge on any atom is 0.269 e. The van der Waals surface area contributed by atoms with Gasteiger partial charge in [0.05, 0.1) is 5.25 Å². The lowest BCUT2D eigenvalue weighted by atomic mass is 10.2. The van der Waals surface area contributed by atoms with Crippen molar-refractivity contribution < 1.29 is 9.59 Å². The average molecular weight is 379 g/mol. The first-order valence-corrected chi connectivity index (χ1v) is 8.31. The van der Waals surface area contributed by atoms with Crippen molar-refractivity contribution >= 4 is 39.5 Å². The molecule has 0 aliphatic rings. The molecule has 0 spiro atoms. The average Bonchev–Trinajstić information content (AvgIpc) is 2.53. The van der Waals surface area contributed by atoms with Crippen molar-refractivity contribution in [2.75, 3.05) is 0 Å². The molecule has 2 aromatic carbocycles. The topological polar surface area (TPSA) is 58.2 Å². The normalized spacial score (nSPS) is 11.5. The van der Waals surface area contributed by atoms with Crippen LogP contribution in [0.3, 0.4) is 0 Å². The van der Waals surface area contributed by atoms with Gasteiger partial charge >= 0.3 is 0 Å². The zero-order chi connectivity index (χ0) is 15.9. The van der Waals surface area contributed by atoms with Gasteiger partial charge in [-0.2, -0.15) is 0 Å². The molecule has 0 saturated carbocycles. The third-order valence-corrected chi connectivity index (χ3v) is 4.47. The van der Waals surface area contributed by atoms with Crippen molar-refractivity contribution in [1.82, 2.24) is 10.9 Å². The number of carbonyl (C=O) groups is 2. The van der Waals surface area contributed by atoms with Crippen LogP contribution in [0.25, 0.3) is 0 Å². The first kappa shape index (κ1) is 16.6. The second-order valence-electron chi connectivity index (χ2n) is 4.52. The molecule has 0 unspecified atom stereocenters. The Kier molecular flexibility index (Phi) is 6.03. The van der Waals surface area contributed by atoms with Crippen molar-refractivity contribution in [3.05, 3.63) is 64.6 Å². The van der Waals surface area contributed by atoms with Crippen LogP contribution >= 0.6 is 27.7 Å². The fourth-order valence-electron chi connectivity index (χ4n) is 1.65. The van der Waals surface area contributed by atoms with Gasteiger partial charge in [-0.15, -0.1) is 11.8 Å². The molecule has 0 aromatic heterocycles. The molecule has 4 nitrogen and oxygen atoms in total. The predicted octanol–water partition coefficient (Wildman–Crippen LogP) is 3.39. The van der Waals surface area contributed by atoms with E-state index in [0.29, 0.717) is 5.56 Å². The fourth-order valence-corrected chi connectivity index (χ4v) is 2.80. The highest BCUT2D eigenvalue weighted by molar-refractivity contribution is 9.10. The number of carbonyl (C=O) groups excluding carboxylic acids is 2. The SMILES string of the molecule is C[C@H](Sc1ccccc1)C(=O)NNC(=O)c1ccc(Br)cc1. The number of halogens is 1. The summed E-state index contributed by atoms with van der Waals surface area (Å²) in [5.41, 5.74) is 5.34. The van der Waals surface area contributed by atoms with E-state index in [1.165, 1.54) is 11.8 Å². The number of amides is 2. The third-order valence-electron chi connectivity index (χ3n) is 2.83. The number of thioether (sulfide) groups is 1. The van der Waals surface area contributed by atoms with Gasteiger partial charge in [0.25, 0.3) is 11.8 Å². The zero-order valence-corrected chi connectivity index (χ0v) is 14.3. The van der Waals surface area contributed by atoms with Crippen LogP contribution in [0.4, 0.5) is 0 Å². The molecule has 6 heteroatoms. The Morgan fingerprint density at radius 2 is 1.64 bits per heavy atom. The summed E-state index contributed by atoms with van der Waals surface area (Å²) in [5.74, 6) is -0.600. The van der Waals surface area contributed by atoms with Crippen molar-refractivity contribution in [1.29, 1.82) is 0 Å². The van der Waals surface area contributed by atoms with Gasteiger partial charge in [-0.3, -0.25) is 20.4 Å². The molecular formula is C16H15BrN2O2S. The van der Waals surface area contributed by atoms with Crippen molar-refractivity contribution in [3.63, 3.8) is 0 Å². The molecule has 0 aliphatic heterocycles. The minimum atomic E-state index is -0.349. The van der Waals surface area contributed by atoms with E-state index in [1.54, 1.807) is 31.2 Å². The fraction of sp³-hybridized carbons (Fsp3) is 0.125. The van der Waals surface area contributed by atoms with Gasteiger partial charge in [0, 0.05) is 14.9 Å². The lowest BCUT2D eigenvalue weighted by Crippen LogP contribution is -2.44. The number of hydrogen-bond donors (Lipinski definition) is 2. The highest BCUT2D eigenvalue weighted by Gasteiger charge is 2.15. The largest absolute Gasteiger partial charge is 0.272 e. The molecule has 0 radical (unpaired) electrons. The Labute approximate surface area is 141 Å². The van der Waals surface area contributed by atoms with Gasteiger partial charge in [0.1, 0.15) is 0 Å². The van der Waals surface area contributed by atoms with E-state index < -0.39 is 0 Å². The van der Waals surface area contributed by atoms with E-state index in [2.05, 4.69) is 26.8 Å².